The molecule has 0 amide bonds. The van der Waals surface area contributed by atoms with E-state index in [2.05, 4.69) is 0 Å². The van der Waals surface area contributed by atoms with Crippen LogP contribution in [0.4, 0.5) is 0 Å². The molecule has 0 aliphatic carbocycles. The van der Waals surface area contributed by atoms with Gasteiger partial charge >= 0.3 is 5.97 Å². The molecule has 0 rings (SSSR count). The molecular weight excluding hydrogens is 150 g/mol. The fourth-order valence-electron chi connectivity index (χ4n) is 0.655. The van der Waals surface area contributed by atoms with Gasteiger partial charge in [-0.25, -0.2) is 4.79 Å². The van der Waals surface area contributed by atoms with Crippen molar-refractivity contribution in [1.82, 2.24) is 0 Å². The highest BCUT2D eigenvalue weighted by Gasteiger charge is 2.17. The Hall–Kier alpha value is -1.39. The first-order chi connectivity index (χ1) is 5.00. The van der Waals surface area contributed by atoms with Crippen LogP contribution in [0.15, 0.2) is 11.3 Å². The maximum Gasteiger partial charge on any atom is 0.337 e. The summed E-state index contributed by atoms with van der Waals surface area (Å²) < 4.78 is 0. The molecule has 1 N–H and O–H groups in total. The average Bonchev–Trinajstić information content (AvgIpc) is 1.88. The Morgan fingerprint density at radius 3 is 2.18 bits per heavy atom. The zero-order valence-electron chi connectivity index (χ0n) is 6.33. The topological polar surface area (TPSA) is 80.4 Å². The van der Waals surface area contributed by atoms with Crippen molar-refractivity contribution in [1.29, 1.82) is 0 Å². The van der Waals surface area contributed by atoms with Crippen LogP contribution in [0.3, 0.4) is 0 Å². The summed E-state index contributed by atoms with van der Waals surface area (Å²) in [5.41, 5.74) is -0.435. The van der Waals surface area contributed by atoms with Crippen LogP contribution in [0, 0.1) is 10.1 Å². The highest BCUT2D eigenvalue weighted by Crippen LogP contribution is 2.08. The number of aliphatic carboxylic acids is 1. The predicted octanol–water partition coefficient (Wildman–Crippen LogP) is 1.03. The molecule has 0 saturated heterocycles. The number of rotatable bonds is 3. The third kappa shape index (κ3) is 2.37. The lowest BCUT2D eigenvalue weighted by Gasteiger charge is -1.95. The Bertz CT molecular complexity index is 219. The van der Waals surface area contributed by atoms with E-state index in [1.807, 2.05) is 0 Å². The fraction of sp³-hybridized carbons (Fsp3) is 0.500. The van der Waals surface area contributed by atoms with Crippen molar-refractivity contribution in [2.24, 2.45) is 0 Å². The van der Waals surface area contributed by atoms with Crippen molar-refractivity contribution in [2.45, 2.75) is 20.3 Å². The molecule has 0 fully saturated rings. The summed E-state index contributed by atoms with van der Waals surface area (Å²) in [6.07, 6.45) is 0.130. The van der Waals surface area contributed by atoms with Gasteiger partial charge in [0.05, 0.1) is 4.92 Å². The first-order valence-electron chi connectivity index (χ1n) is 3.08. The molecule has 0 aliphatic rings. The molecule has 0 spiro atoms. The summed E-state index contributed by atoms with van der Waals surface area (Å²) in [4.78, 5) is 19.7. The molecule has 0 radical (unpaired) electrons. The number of allylic oxidation sites excluding steroid dienone is 1. The van der Waals surface area contributed by atoms with E-state index < -0.39 is 10.9 Å². The van der Waals surface area contributed by atoms with Gasteiger partial charge in [-0.1, -0.05) is 6.92 Å². The van der Waals surface area contributed by atoms with Gasteiger partial charge in [0, 0.05) is 6.42 Å². The normalized spacial score (nSPS) is 12.2. The first kappa shape index (κ1) is 9.61. The van der Waals surface area contributed by atoms with Crippen molar-refractivity contribution >= 4 is 5.97 Å². The van der Waals surface area contributed by atoms with Crippen LogP contribution in [-0.2, 0) is 4.79 Å². The van der Waals surface area contributed by atoms with E-state index in [9.17, 15) is 14.9 Å². The summed E-state index contributed by atoms with van der Waals surface area (Å²) in [5.74, 6) is -1.24. The summed E-state index contributed by atoms with van der Waals surface area (Å²) in [5, 5.41) is 18.5. The van der Waals surface area contributed by atoms with E-state index in [0.29, 0.717) is 0 Å². The van der Waals surface area contributed by atoms with Gasteiger partial charge in [0.1, 0.15) is 5.57 Å². The molecule has 5 heteroatoms. The van der Waals surface area contributed by atoms with Crippen molar-refractivity contribution in [2.75, 3.05) is 0 Å². The number of carboxylic acid groups (broad SMARTS) is 1. The van der Waals surface area contributed by atoms with Gasteiger partial charge in [-0.15, -0.1) is 0 Å². The van der Waals surface area contributed by atoms with Gasteiger partial charge in [-0.05, 0) is 6.92 Å². The molecule has 0 bridgehead atoms. The van der Waals surface area contributed by atoms with Crippen LogP contribution in [0.5, 0.6) is 0 Å². The van der Waals surface area contributed by atoms with Gasteiger partial charge in [-0.3, -0.25) is 10.1 Å². The summed E-state index contributed by atoms with van der Waals surface area (Å²) in [6.45, 7) is 2.77. The van der Waals surface area contributed by atoms with Crippen LogP contribution >= 0.6 is 0 Å². The molecule has 0 aromatic carbocycles. The quantitative estimate of drug-likeness (QED) is 0.379. The molecular formula is C6H9NO4. The lowest BCUT2D eigenvalue weighted by atomic mass is 10.2. The number of nitrogens with zero attached hydrogens (tertiary/aromatic N) is 1. The van der Waals surface area contributed by atoms with Crippen LogP contribution in [0.1, 0.15) is 20.3 Å². The number of nitro groups is 1. The van der Waals surface area contributed by atoms with Gasteiger partial charge < -0.3 is 5.11 Å². The van der Waals surface area contributed by atoms with E-state index in [1.54, 1.807) is 6.92 Å². The van der Waals surface area contributed by atoms with Crippen LogP contribution in [0.25, 0.3) is 0 Å². The van der Waals surface area contributed by atoms with Crippen molar-refractivity contribution < 1.29 is 14.8 Å². The number of carboxylic acids is 1. The van der Waals surface area contributed by atoms with Crippen LogP contribution < -0.4 is 0 Å². The molecule has 0 saturated carbocycles. The van der Waals surface area contributed by atoms with Gasteiger partial charge in [0.2, 0.25) is 0 Å². The highest BCUT2D eigenvalue weighted by molar-refractivity contribution is 5.86. The SMILES string of the molecule is CC/C(=C(/C)C(=O)O)[N+](=O)[O-]. The lowest BCUT2D eigenvalue weighted by Crippen LogP contribution is -2.07. The molecule has 0 aromatic rings. The fourth-order valence-corrected chi connectivity index (χ4v) is 0.655. The predicted molar refractivity (Wildman–Crippen MR) is 37.6 cm³/mol. The van der Waals surface area contributed by atoms with E-state index in [1.165, 1.54) is 6.92 Å². The minimum Gasteiger partial charge on any atom is -0.478 e. The second-order valence-corrected chi connectivity index (χ2v) is 1.99. The Kier molecular flexibility index (Phi) is 3.23. The molecule has 0 aromatic heterocycles. The number of hydrogen-bond donors (Lipinski definition) is 1. The lowest BCUT2D eigenvalue weighted by molar-refractivity contribution is -0.428. The second-order valence-electron chi connectivity index (χ2n) is 1.99. The van der Waals surface area contributed by atoms with Gasteiger partial charge in [0.25, 0.3) is 5.70 Å². The Balaban J connectivity index is 4.83. The second kappa shape index (κ2) is 3.70. The highest BCUT2D eigenvalue weighted by atomic mass is 16.6. The summed E-state index contributed by atoms with van der Waals surface area (Å²) in [7, 11) is 0. The standard InChI is InChI=1S/C6H9NO4/c1-3-5(7(10)11)4(2)6(8)9/h3H2,1-2H3,(H,8,9)/b5-4+. The van der Waals surface area contributed by atoms with Crippen molar-refractivity contribution in [3.05, 3.63) is 21.4 Å². The third-order valence-electron chi connectivity index (χ3n) is 1.31. The maximum atomic E-state index is 10.2. The Morgan fingerprint density at radius 2 is 2.09 bits per heavy atom. The van der Waals surface area contributed by atoms with Crippen LogP contribution in [0.2, 0.25) is 0 Å². The molecule has 0 unspecified atom stereocenters. The largest absolute Gasteiger partial charge is 0.478 e. The zero-order valence-corrected chi connectivity index (χ0v) is 6.33. The zero-order chi connectivity index (χ0) is 9.02. The summed E-state index contributed by atoms with van der Waals surface area (Å²) in [6, 6.07) is 0. The molecule has 5 nitrogen and oxygen atoms in total. The number of carbonyl (C=O) groups is 1. The van der Waals surface area contributed by atoms with E-state index >= 15 is 0 Å². The van der Waals surface area contributed by atoms with Crippen molar-refractivity contribution in [3.8, 4) is 0 Å². The van der Waals surface area contributed by atoms with Gasteiger partial charge in [-0.2, -0.15) is 0 Å². The van der Waals surface area contributed by atoms with E-state index in [4.69, 9.17) is 5.11 Å². The molecule has 11 heavy (non-hydrogen) atoms. The van der Waals surface area contributed by atoms with E-state index in [-0.39, 0.29) is 17.7 Å². The molecule has 0 heterocycles. The third-order valence-corrected chi connectivity index (χ3v) is 1.31. The maximum absolute atomic E-state index is 10.2. The van der Waals surface area contributed by atoms with Crippen LogP contribution in [-0.4, -0.2) is 16.0 Å². The average molecular weight is 159 g/mol. The Morgan fingerprint density at radius 1 is 1.64 bits per heavy atom. The summed E-state index contributed by atoms with van der Waals surface area (Å²) >= 11 is 0. The molecule has 62 valence electrons. The van der Waals surface area contributed by atoms with E-state index in [0.717, 1.165) is 0 Å². The number of hydrogen-bond acceptors (Lipinski definition) is 3. The minimum atomic E-state index is -1.24. The smallest absolute Gasteiger partial charge is 0.337 e. The molecule has 0 atom stereocenters. The monoisotopic (exact) mass is 159 g/mol. The minimum absolute atomic E-state index is 0.130. The first-order valence-corrected chi connectivity index (χ1v) is 3.08. The van der Waals surface area contributed by atoms with Crippen molar-refractivity contribution in [3.63, 3.8) is 0 Å². The molecule has 0 aliphatic heterocycles. The van der Waals surface area contributed by atoms with Gasteiger partial charge in [0.15, 0.2) is 0 Å². The Labute approximate surface area is 63.5 Å².